The number of aliphatic imine (C=N–C) groups is 1. The van der Waals surface area contributed by atoms with Gasteiger partial charge in [-0.2, -0.15) is 0 Å². The van der Waals surface area contributed by atoms with Crippen LogP contribution in [0.15, 0.2) is 47.5 Å². The molecule has 3 N–H and O–H groups in total. The number of amides is 1. The van der Waals surface area contributed by atoms with E-state index in [2.05, 4.69) is 27.8 Å². The van der Waals surface area contributed by atoms with Crippen molar-refractivity contribution in [1.29, 1.82) is 0 Å². The Morgan fingerprint density at radius 2 is 1.64 bits per heavy atom. The quantitative estimate of drug-likeness (QED) is 0.277. The minimum absolute atomic E-state index is 0.0410. The lowest BCUT2D eigenvalue weighted by Crippen LogP contribution is -2.54. The lowest BCUT2D eigenvalue weighted by Gasteiger charge is -2.53. The molecule has 2 aromatic carbocycles. The van der Waals surface area contributed by atoms with Gasteiger partial charge in [-0.05, 0) is 111 Å². The highest BCUT2D eigenvalue weighted by Crippen LogP contribution is 2.54. The van der Waals surface area contributed by atoms with E-state index in [0.717, 1.165) is 66.2 Å². The van der Waals surface area contributed by atoms with Gasteiger partial charge in [0.1, 0.15) is 0 Å². The lowest BCUT2D eigenvalue weighted by atomic mass is 9.54. The maximum Gasteiger partial charge on any atom is 0.224 e. The molecule has 5 aliphatic rings. The minimum Gasteiger partial charge on any atom is -0.340 e. The van der Waals surface area contributed by atoms with Gasteiger partial charge in [-0.25, -0.2) is 4.99 Å². The van der Waals surface area contributed by atoms with Gasteiger partial charge in [-0.1, -0.05) is 29.3 Å². The van der Waals surface area contributed by atoms with Gasteiger partial charge in [0.05, 0.1) is 6.04 Å². The van der Waals surface area contributed by atoms with Gasteiger partial charge in [0, 0.05) is 53.5 Å². The van der Waals surface area contributed by atoms with Crippen molar-refractivity contribution in [2.75, 3.05) is 30.3 Å². The molecule has 0 spiro atoms. The standard InChI is InChI=1S/C31H39Cl2N5O/c1-19-18-38(11-10-34-19)31(37-30-23-13-20-12-21(15-23)16-24(30)14-20)36-27-7-5-26(6-8-27)35-29(39)9-3-22-2-4-25(32)17-28(22)33/h2,4-8,17,19-21,23-24,30,34H,3,9-16,18H2,1H3,(H,35,39)(H,36,37)/t19-,20?,21?,23?,24?,30?/m0/s1. The van der Waals surface area contributed by atoms with Crippen molar-refractivity contribution >= 4 is 46.4 Å². The number of anilines is 2. The summed E-state index contributed by atoms with van der Waals surface area (Å²) in [6.07, 6.45) is 7.84. The summed E-state index contributed by atoms with van der Waals surface area (Å²) in [5.74, 6) is 4.36. The summed E-state index contributed by atoms with van der Waals surface area (Å²) in [5, 5.41) is 11.4. The Hall–Kier alpha value is -2.28. The van der Waals surface area contributed by atoms with Crippen LogP contribution in [0.3, 0.4) is 0 Å². The first kappa shape index (κ1) is 26.9. The van der Waals surface area contributed by atoms with Crippen LogP contribution in [0.1, 0.15) is 51.0 Å². The van der Waals surface area contributed by atoms with Crippen LogP contribution in [0, 0.1) is 23.7 Å². The molecule has 0 unspecified atom stereocenters. The van der Waals surface area contributed by atoms with Crippen molar-refractivity contribution in [3.63, 3.8) is 0 Å². The highest BCUT2D eigenvalue weighted by Gasteiger charge is 2.48. The first-order valence-corrected chi connectivity index (χ1v) is 15.3. The zero-order valence-electron chi connectivity index (χ0n) is 22.6. The molecule has 0 radical (unpaired) electrons. The van der Waals surface area contributed by atoms with Gasteiger partial charge in [0.2, 0.25) is 5.91 Å². The van der Waals surface area contributed by atoms with Crippen molar-refractivity contribution in [3.05, 3.63) is 58.1 Å². The van der Waals surface area contributed by atoms with E-state index < -0.39 is 0 Å². The third kappa shape index (κ3) is 6.39. The molecule has 39 heavy (non-hydrogen) atoms. The number of benzene rings is 2. The van der Waals surface area contributed by atoms with Crippen LogP contribution in [0.5, 0.6) is 0 Å². The van der Waals surface area contributed by atoms with Crippen LogP contribution in [-0.4, -0.2) is 48.5 Å². The van der Waals surface area contributed by atoms with Crippen molar-refractivity contribution in [2.24, 2.45) is 28.7 Å². The number of piperazine rings is 1. The number of carbonyl (C=O) groups is 1. The highest BCUT2D eigenvalue weighted by molar-refractivity contribution is 6.35. The molecular weight excluding hydrogens is 529 g/mol. The first-order valence-electron chi connectivity index (χ1n) is 14.6. The smallest absolute Gasteiger partial charge is 0.224 e. The monoisotopic (exact) mass is 567 g/mol. The van der Waals surface area contributed by atoms with Crippen LogP contribution >= 0.6 is 23.2 Å². The maximum absolute atomic E-state index is 12.6. The van der Waals surface area contributed by atoms with E-state index in [9.17, 15) is 4.79 Å². The number of rotatable bonds is 6. The molecule has 2 aromatic rings. The molecule has 7 rings (SSSR count). The molecule has 5 fully saturated rings. The Balaban J connectivity index is 1.11. The Labute approximate surface area is 241 Å². The van der Waals surface area contributed by atoms with Crippen LogP contribution in [0.2, 0.25) is 10.0 Å². The molecule has 1 aliphatic heterocycles. The predicted octanol–water partition coefficient (Wildman–Crippen LogP) is 6.45. The lowest BCUT2D eigenvalue weighted by molar-refractivity contribution is -0.116. The molecule has 4 saturated carbocycles. The van der Waals surface area contributed by atoms with E-state index in [-0.39, 0.29) is 5.91 Å². The highest BCUT2D eigenvalue weighted by atomic mass is 35.5. The summed E-state index contributed by atoms with van der Waals surface area (Å²) < 4.78 is 0. The number of hydrogen-bond donors (Lipinski definition) is 3. The first-order chi connectivity index (χ1) is 18.9. The number of nitrogens with one attached hydrogen (secondary N) is 3. The van der Waals surface area contributed by atoms with Gasteiger partial charge >= 0.3 is 0 Å². The Bertz CT molecular complexity index is 1190. The zero-order chi connectivity index (χ0) is 26.9. The van der Waals surface area contributed by atoms with E-state index in [0.29, 0.717) is 35.0 Å². The summed E-state index contributed by atoms with van der Waals surface area (Å²) in [4.78, 5) is 20.5. The van der Waals surface area contributed by atoms with E-state index >= 15 is 0 Å². The van der Waals surface area contributed by atoms with Crippen molar-refractivity contribution in [1.82, 2.24) is 10.2 Å². The molecule has 1 amide bonds. The summed E-state index contributed by atoms with van der Waals surface area (Å²) in [6.45, 7) is 5.11. The van der Waals surface area contributed by atoms with Gasteiger partial charge in [0.25, 0.3) is 0 Å². The molecule has 1 saturated heterocycles. The fraction of sp³-hybridized carbons (Fsp3) is 0.548. The number of halogens is 2. The number of hydrogen-bond acceptors (Lipinski definition) is 3. The average molecular weight is 569 g/mol. The molecule has 208 valence electrons. The van der Waals surface area contributed by atoms with Crippen LogP contribution < -0.4 is 16.0 Å². The van der Waals surface area contributed by atoms with Gasteiger partial charge in [0.15, 0.2) is 5.96 Å². The van der Waals surface area contributed by atoms with Crippen molar-refractivity contribution in [2.45, 2.75) is 64.0 Å². The summed E-state index contributed by atoms with van der Waals surface area (Å²) in [5.41, 5.74) is 2.70. The van der Waals surface area contributed by atoms with E-state index in [1.807, 2.05) is 30.3 Å². The average Bonchev–Trinajstić information content (AvgIpc) is 2.90. The fourth-order valence-electron chi connectivity index (χ4n) is 7.53. The number of aryl methyl sites for hydroxylation is 1. The van der Waals surface area contributed by atoms with Crippen LogP contribution in [0.4, 0.5) is 11.4 Å². The molecule has 1 heterocycles. The third-order valence-corrected chi connectivity index (χ3v) is 9.76. The second kappa shape index (κ2) is 11.7. The van der Waals surface area contributed by atoms with Crippen molar-refractivity contribution < 1.29 is 4.79 Å². The normalized spacial score (nSPS) is 29.9. The summed E-state index contributed by atoms with van der Waals surface area (Å²) in [7, 11) is 0. The van der Waals surface area contributed by atoms with Crippen LogP contribution in [-0.2, 0) is 11.2 Å². The molecule has 0 aromatic heterocycles. The second-order valence-corrected chi connectivity index (χ2v) is 13.0. The largest absolute Gasteiger partial charge is 0.340 e. The second-order valence-electron chi connectivity index (χ2n) is 12.2. The molecule has 4 aliphatic carbocycles. The topological polar surface area (TPSA) is 68.8 Å². The third-order valence-electron chi connectivity index (χ3n) is 9.18. The molecule has 1 atom stereocenters. The van der Waals surface area contributed by atoms with E-state index in [1.54, 1.807) is 12.1 Å². The number of guanidine groups is 1. The predicted molar refractivity (Wildman–Crippen MR) is 161 cm³/mol. The van der Waals surface area contributed by atoms with E-state index in [4.69, 9.17) is 28.2 Å². The Morgan fingerprint density at radius 1 is 0.974 bits per heavy atom. The van der Waals surface area contributed by atoms with Crippen molar-refractivity contribution in [3.8, 4) is 0 Å². The Kier molecular flexibility index (Phi) is 8.06. The van der Waals surface area contributed by atoms with Gasteiger partial charge in [-0.15, -0.1) is 0 Å². The summed E-state index contributed by atoms with van der Waals surface area (Å²) in [6, 6.07) is 14.2. The van der Waals surface area contributed by atoms with Gasteiger partial charge < -0.3 is 20.9 Å². The molecular formula is C31H39Cl2N5O. The summed E-state index contributed by atoms with van der Waals surface area (Å²) >= 11 is 12.2. The molecule has 4 bridgehead atoms. The SMILES string of the molecule is C[C@H]1CN(C(=NC2C3CC4CC(C3)CC2C4)Nc2ccc(NC(=O)CCc3ccc(Cl)cc3Cl)cc2)CCN1. The van der Waals surface area contributed by atoms with Gasteiger partial charge in [-0.3, -0.25) is 4.79 Å². The van der Waals surface area contributed by atoms with E-state index in [1.165, 1.54) is 32.1 Å². The number of nitrogens with zero attached hydrogens (tertiary/aromatic N) is 2. The van der Waals surface area contributed by atoms with Crippen LogP contribution in [0.25, 0.3) is 0 Å². The number of carbonyl (C=O) groups excluding carboxylic acids is 1. The fourth-order valence-corrected chi connectivity index (χ4v) is 8.03. The minimum atomic E-state index is -0.0410. The molecule has 6 nitrogen and oxygen atoms in total. The Morgan fingerprint density at radius 3 is 2.28 bits per heavy atom. The maximum atomic E-state index is 12.6. The molecule has 8 heteroatoms. The zero-order valence-corrected chi connectivity index (χ0v) is 24.1.